The van der Waals surface area contributed by atoms with Gasteiger partial charge in [-0.15, -0.1) is 0 Å². The van der Waals surface area contributed by atoms with Gasteiger partial charge in [-0.1, -0.05) is 46.0 Å². The minimum Gasteiger partial charge on any atom is -0.314 e. The van der Waals surface area contributed by atoms with Gasteiger partial charge in [0.15, 0.2) is 0 Å². The standard InChI is InChI=1S/C13H27N/c1-3-7-12(2)10-11-14-13-8-5-4-6-9-13/h12-14H,3-11H2,1-2H3. The van der Waals surface area contributed by atoms with Gasteiger partial charge in [0.05, 0.1) is 0 Å². The monoisotopic (exact) mass is 197 g/mol. The Balaban J connectivity index is 1.96. The van der Waals surface area contributed by atoms with Crippen molar-refractivity contribution in [1.29, 1.82) is 0 Å². The van der Waals surface area contributed by atoms with Gasteiger partial charge in [-0.25, -0.2) is 0 Å². The molecule has 1 rings (SSSR count). The first-order valence-electron chi connectivity index (χ1n) is 6.56. The van der Waals surface area contributed by atoms with E-state index in [-0.39, 0.29) is 0 Å². The number of rotatable bonds is 6. The second kappa shape index (κ2) is 7.28. The summed E-state index contributed by atoms with van der Waals surface area (Å²) in [6, 6.07) is 0.845. The smallest absolute Gasteiger partial charge is 0.00670 e. The molecule has 0 aromatic carbocycles. The SMILES string of the molecule is CCCC(C)CCNC1CCCCC1. The van der Waals surface area contributed by atoms with Crippen molar-refractivity contribution in [2.75, 3.05) is 6.54 Å². The highest BCUT2D eigenvalue weighted by molar-refractivity contribution is 4.71. The Kier molecular flexibility index (Phi) is 6.25. The van der Waals surface area contributed by atoms with E-state index in [1.165, 1.54) is 57.9 Å². The Hall–Kier alpha value is -0.0400. The average Bonchev–Trinajstić information content (AvgIpc) is 2.20. The number of hydrogen-bond donors (Lipinski definition) is 1. The quantitative estimate of drug-likeness (QED) is 0.684. The van der Waals surface area contributed by atoms with E-state index in [0.29, 0.717) is 0 Å². The molecule has 0 spiro atoms. The average molecular weight is 197 g/mol. The van der Waals surface area contributed by atoms with Crippen LogP contribution >= 0.6 is 0 Å². The van der Waals surface area contributed by atoms with Crippen LogP contribution in [0.4, 0.5) is 0 Å². The summed E-state index contributed by atoms with van der Waals surface area (Å²) >= 11 is 0. The van der Waals surface area contributed by atoms with Crippen LogP contribution in [0.25, 0.3) is 0 Å². The van der Waals surface area contributed by atoms with E-state index in [9.17, 15) is 0 Å². The van der Waals surface area contributed by atoms with Crippen molar-refractivity contribution >= 4 is 0 Å². The van der Waals surface area contributed by atoms with E-state index >= 15 is 0 Å². The molecule has 1 fully saturated rings. The summed E-state index contributed by atoms with van der Waals surface area (Å²) in [6.07, 6.45) is 11.3. The molecule has 0 bridgehead atoms. The number of nitrogens with one attached hydrogen (secondary N) is 1. The highest BCUT2D eigenvalue weighted by Gasteiger charge is 2.12. The van der Waals surface area contributed by atoms with Crippen LogP contribution < -0.4 is 5.32 Å². The summed E-state index contributed by atoms with van der Waals surface area (Å²) in [5, 5.41) is 3.71. The largest absolute Gasteiger partial charge is 0.314 e. The topological polar surface area (TPSA) is 12.0 Å². The summed E-state index contributed by atoms with van der Waals surface area (Å²) in [4.78, 5) is 0. The highest BCUT2D eigenvalue weighted by Crippen LogP contribution is 2.17. The van der Waals surface area contributed by atoms with Crippen LogP contribution in [-0.2, 0) is 0 Å². The van der Waals surface area contributed by atoms with Gasteiger partial charge in [-0.2, -0.15) is 0 Å². The zero-order valence-electron chi connectivity index (χ0n) is 10.0. The van der Waals surface area contributed by atoms with Crippen molar-refractivity contribution < 1.29 is 0 Å². The second-order valence-electron chi connectivity index (χ2n) is 4.97. The number of hydrogen-bond acceptors (Lipinski definition) is 1. The predicted octanol–water partition coefficient (Wildman–Crippen LogP) is 3.74. The fourth-order valence-corrected chi connectivity index (χ4v) is 2.48. The maximum Gasteiger partial charge on any atom is 0.00670 e. The maximum atomic E-state index is 3.71. The molecule has 0 amide bonds. The molecule has 1 saturated carbocycles. The third-order valence-corrected chi connectivity index (χ3v) is 3.46. The van der Waals surface area contributed by atoms with E-state index in [0.717, 1.165) is 12.0 Å². The first-order chi connectivity index (χ1) is 6.83. The minimum atomic E-state index is 0.845. The van der Waals surface area contributed by atoms with Gasteiger partial charge < -0.3 is 5.32 Å². The van der Waals surface area contributed by atoms with Gasteiger partial charge >= 0.3 is 0 Å². The predicted molar refractivity (Wildman–Crippen MR) is 63.6 cm³/mol. The molecule has 0 heterocycles. The van der Waals surface area contributed by atoms with Crippen molar-refractivity contribution in [3.8, 4) is 0 Å². The zero-order chi connectivity index (χ0) is 10.2. The molecule has 0 aromatic rings. The Labute approximate surface area is 89.7 Å². The van der Waals surface area contributed by atoms with Crippen LogP contribution in [0.2, 0.25) is 0 Å². The van der Waals surface area contributed by atoms with Crippen LogP contribution in [0.5, 0.6) is 0 Å². The first kappa shape index (κ1) is 12.0. The zero-order valence-corrected chi connectivity index (χ0v) is 10.0. The molecular formula is C13H27N. The van der Waals surface area contributed by atoms with E-state index in [1.807, 2.05) is 0 Å². The molecule has 0 aliphatic heterocycles. The fraction of sp³-hybridized carbons (Fsp3) is 1.00. The molecule has 0 saturated heterocycles. The van der Waals surface area contributed by atoms with Crippen molar-refractivity contribution in [1.82, 2.24) is 5.32 Å². The van der Waals surface area contributed by atoms with Gasteiger partial charge in [0, 0.05) is 6.04 Å². The molecule has 1 atom stereocenters. The van der Waals surface area contributed by atoms with Gasteiger partial charge in [-0.3, -0.25) is 0 Å². The molecule has 14 heavy (non-hydrogen) atoms. The minimum absolute atomic E-state index is 0.845. The van der Waals surface area contributed by atoms with Crippen molar-refractivity contribution in [3.05, 3.63) is 0 Å². The lowest BCUT2D eigenvalue weighted by molar-refractivity contribution is 0.356. The molecule has 1 unspecified atom stereocenters. The summed E-state index contributed by atoms with van der Waals surface area (Å²) in [7, 11) is 0. The lowest BCUT2D eigenvalue weighted by Gasteiger charge is -2.23. The van der Waals surface area contributed by atoms with Gasteiger partial charge in [0.1, 0.15) is 0 Å². The van der Waals surface area contributed by atoms with Crippen LogP contribution in [0, 0.1) is 5.92 Å². The molecule has 1 aliphatic rings. The molecule has 84 valence electrons. The maximum absolute atomic E-state index is 3.71. The van der Waals surface area contributed by atoms with Gasteiger partial charge in [0.25, 0.3) is 0 Å². The summed E-state index contributed by atoms with van der Waals surface area (Å²) in [6.45, 7) is 5.91. The Bertz CT molecular complexity index is 127. The highest BCUT2D eigenvalue weighted by atomic mass is 14.9. The van der Waals surface area contributed by atoms with Crippen molar-refractivity contribution in [3.63, 3.8) is 0 Å². The van der Waals surface area contributed by atoms with Crippen LogP contribution in [0.1, 0.15) is 65.2 Å². The lowest BCUT2D eigenvalue weighted by atomic mass is 9.95. The second-order valence-corrected chi connectivity index (χ2v) is 4.97. The summed E-state index contributed by atoms with van der Waals surface area (Å²) < 4.78 is 0. The third kappa shape index (κ3) is 4.99. The van der Waals surface area contributed by atoms with E-state index in [2.05, 4.69) is 19.2 Å². The molecule has 1 N–H and O–H groups in total. The molecule has 0 aromatic heterocycles. The summed E-state index contributed by atoms with van der Waals surface area (Å²) in [5.74, 6) is 0.913. The molecule has 1 heteroatoms. The van der Waals surface area contributed by atoms with Crippen LogP contribution in [0.15, 0.2) is 0 Å². The van der Waals surface area contributed by atoms with Crippen molar-refractivity contribution in [2.24, 2.45) is 5.92 Å². The van der Waals surface area contributed by atoms with Crippen LogP contribution in [0.3, 0.4) is 0 Å². The summed E-state index contributed by atoms with van der Waals surface area (Å²) in [5.41, 5.74) is 0. The molecular weight excluding hydrogens is 170 g/mol. The first-order valence-corrected chi connectivity index (χ1v) is 6.56. The van der Waals surface area contributed by atoms with E-state index in [1.54, 1.807) is 0 Å². The molecule has 1 nitrogen and oxygen atoms in total. The fourth-order valence-electron chi connectivity index (χ4n) is 2.48. The van der Waals surface area contributed by atoms with Gasteiger partial charge in [0.2, 0.25) is 0 Å². The van der Waals surface area contributed by atoms with Crippen molar-refractivity contribution in [2.45, 2.75) is 71.3 Å². The lowest BCUT2D eigenvalue weighted by Crippen LogP contribution is -2.32. The Morgan fingerprint density at radius 1 is 1.14 bits per heavy atom. The Morgan fingerprint density at radius 2 is 1.86 bits per heavy atom. The Morgan fingerprint density at radius 3 is 2.50 bits per heavy atom. The van der Waals surface area contributed by atoms with E-state index in [4.69, 9.17) is 0 Å². The third-order valence-electron chi connectivity index (χ3n) is 3.46. The van der Waals surface area contributed by atoms with E-state index < -0.39 is 0 Å². The molecule has 0 radical (unpaired) electrons. The molecule has 1 aliphatic carbocycles. The van der Waals surface area contributed by atoms with Crippen LogP contribution in [-0.4, -0.2) is 12.6 Å². The van der Waals surface area contributed by atoms with Gasteiger partial charge in [-0.05, 0) is 31.7 Å². The normalized spacial score (nSPS) is 21.0.